The van der Waals surface area contributed by atoms with Crippen LogP contribution in [0.25, 0.3) is 44.2 Å². The number of aromatic nitrogens is 12. The van der Waals surface area contributed by atoms with Gasteiger partial charge in [0.05, 0.1) is 72.3 Å². The average molecular weight is 1170 g/mol. The van der Waals surface area contributed by atoms with Crippen molar-refractivity contribution in [1.82, 2.24) is 59.2 Å². The number of nitrogens with zero attached hydrogens (tertiary/aromatic N) is 12. The predicted octanol–water partition coefficient (Wildman–Crippen LogP) is 17.5. The summed E-state index contributed by atoms with van der Waals surface area (Å²) in [5, 5.41) is 8.82. The molecule has 0 spiro atoms. The highest BCUT2D eigenvalue weighted by Crippen LogP contribution is 2.32. The van der Waals surface area contributed by atoms with E-state index in [4.69, 9.17) is 8.83 Å². The van der Waals surface area contributed by atoms with Crippen LogP contribution in [0.4, 0.5) is 0 Å². The molecule has 0 unspecified atom stereocenters. The van der Waals surface area contributed by atoms with E-state index in [-0.39, 0.29) is 0 Å². The van der Waals surface area contributed by atoms with Crippen molar-refractivity contribution in [3.8, 4) is 0 Å². The minimum atomic E-state index is 0.746. The van der Waals surface area contributed by atoms with Gasteiger partial charge >= 0.3 is 0 Å². The Morgan fingerprint density at radius 3 is 0.894 bits per heavy atom. The van der Waals surface area contributed by atoms with Crippen molar-refractivity contribution in [1.29, 1.82) is 0 Å². The fourth-order valence-electron chi connectivity index (χ4n) is 9.93. The molecule has 0 fully saturated rings. The van der Waals surface area contributed by atoms with Crippen LogP contribution in [0.1, 0.15) is 168 Å². The van der Waals surface area contributed by atoms with Crippen molar-refractivity contribution in [3.05, 3.63) is 168 Å². The highest BCUT2D eigenvalue weighted by Gasteiger charge is 2.17. The molecule has 11 aromatic rings. The van der Waals surface area contributed by atoms with Crippen molar-refractivity contribution >= 4 is 55.5 Å². The smallest absolute Gasteiger partial charge is 0.192 e. The third-order valence-electron chi connectivity index (χ3n) is 17.8. The van der Waals surface area contributed by atoms with Gasteiger partial charge in [0.1, 0.15) is 28.8 Å². The monoisotopic (exact) mass is 1170 g/mol. The van der Waals surface area contributed by atoms with Crippen LogP contribution in [0, 0.1) is 208 Å². The van der Waals surface area contributed by atoms with Crippen molar-refractivity contribution in [3.63, 3.8) is 0 Å². The molecule has 0 saturated carbocycles. The van der Waals surface area contributed by atoms with E-state index in [0.29, 0.717) is 0 Å². The molecule has 0 amide bonds. The maximum absolute atomic E-state index is 5.60. The summed E-state index contributed by atoms with van der Waals surface area (Å²) in [6.07, 6.45) is 0. The quantitative estimate of drug-likeness (QED) is 0.141. The summed E-state index contributed by atoms with van der Waals surface area (Å²) in [6, 6.07) is 0. The van der Waals surface area contributed by atoms with Crippen molar-refractivity contribution in [2.75, 3.05) is 0 Å². The lowest BCUT2D eigenvalue weighted by Crippen LogP contribution is -2.01. The fraction of sp³-hybridized carbons (Fsp3) is 0.457. The molecule has 0 aliphatic heterocycles. The van der Waals surface area contributed by atoms with Gasteiger partial charge in [-0.3, -0.25) is 0 Å². The molecule has 0 bridgehead atoms. The molecule has 454 valence electrons. The van der Waals surface area contributed by atoms with Crippen LogP contribution in [0.3, 0.4) is 0 Å². The standard InChI is InChI=1S/2C14H18N2.C13H18N2.C12H15NO.C6H9NO.C6H9NS.C5H9N3/c2*1-7-8(2)10(4)14-13(9(7)3)15-11(5)12(6)16-14;1-7-8(2)10(4)13-12(9(7)3)14-11(5)15(13)6;1-6-7(2)9(4)12-11(8(6)3)13-10(5)14-12;2*1-4-5(2)8-6(3)7-4;1-4-6-7-5(2)8(4)3/h2*1-6H3;1-6H3;1-5H3;3*1-3H3. The lowest BCUT2D eigenvalue weighted by molar-refractivity contribution is 0.493. The van der Waals surface area contributed by atoms with Gasteiger partial charge < -0.3 is 18.0 Å². The average Bonchev–Trinajstić information content (AvgIpc) is 3.91. The fourth-order valence-corrected chi connectivity index (χ4v) is 10.8. The summed E-state index contributed by atoms with van der Waals surface area (Å²) in [5.74, 6) is 5.42. The van der Waals surface area contributed by atoms with Gasteiger partial charge in [-0.25, -0.2) is 39.9 Å². The minimum absolute atomic E-state index is 0.746. The Morgan fingerprint density at radius 1 is 0.271 bits per heavy atom. The molecule has 0 N–H and O–H groups in total. The SMILES string of the molecule is Cc1c(C)c(C)c2c(nc(C)n2C)c1C.Cc1nc(C)c(C)o1.Cc1nc(C)c(C)s1.Cc1nc2c(C)c(C)c(C)c(C)c2nc1C.Cc1nc2c(C)c(C)c(C)c(C)c2nc1C.Cc1nc2c(C)c(C)c(C)c(C)c2o1.Cc1nnc(C)n1C. The first-order valence-corrected chi connectivity index (χ1v) is 30.1. The van der Waals surface area contributed by atoms with Crippen molar-refractivity contribution in [2.24, 2.45) is 14.1 Å². The van der Waals surface area contributed by atoms with Crippen molar-refractivity contribution < 1.29 is 8.83 Å². The normalized spacial score (nSPS) is 10.8. The number of hydrogen-bond donors (Lipinski definition) is 0. The zero-order chi connectivity index (χ0) is 64.3. The second-order valence-corrected chi connectivity index (χ2v) is 24.5. The van der Waals surface area contributed by atoms with E-state index in [0.717, 1.165) is 102 Å². The Morgan fingerprint density at radius 2 is 0.612 bits per heavy atom. The molecule has 85 heavy (non-hydrogen) atoms. The van der Waals surface area contributed by atoms with Gasteiger partial charge in [-0.1, -0.05) is 0 Å². The van der Waals surface area contributed by atoms with Gasteiger partial charge in [0.25, 0.3) is 0 Å². The van der Waals surface area contributed by atoms with Crippen LogP contribution in [0.2, 0.25) is 0 Å². The van der Waals surface area contributed by atoms with Gasteiger partial charge in [0.2, 0.25) is 0 Å². The molecule has 14 nitrogen and oxygen atoms in total. The first-order chi connectivity index (χ1) is 39.4. The Balaban J connectivity index is 0.000000185. The number of benzene rings is 4. The van der Waals surface area contributed by atoms with E-state index in [2.05, 4.69) is 186 Å². The Kier molecular flexibility index (Phi) is 22.2. The summed E-state index contributed by atoms with van der Waals surface area (Å²) in [4.78, 5) is 37.4. The predicted molar refractivity (Wildman–Crippen MR) is 356 cm³/mol. The zero-order valence-corrected chi connectivity index (χ0v) is 58.4. The van der Waals surface area contributed by atoms with E-state index in [1.807, 2.05) is 94.7 Å². The number of thiazole rings is 1. The summed E-state index contributed by atoms with van der Waals surface area (Å²) < 4.78 is 14.8. The molecule has 0 atom stereocenters. The van der Waals surface area contributed by atoms with Crippen LogP contribution in [0.5, 0.6) is 0 Å². The number of rotatable bonds is 0. The molecular formula is C70H96N12O2S. The molecule has 0 saturated heterocycles. The second kappa shape index (κ2) is 27.7. The van der Waals surface area contributed by atoms with Crippen LogP contribution >= 0.6 is 11.3 Å². The summed E-state index contributed by atoms with van der Waals surface area (Å²) >= 11 is 1.76. The third kappa shape index (κ3) is 14.8. The lowest BCUT2D eigenvalue weighted by atomic mass is 9.97. The van der Waals surface area contributed by atoms with Gasteiger partial charge in [0.15, 0.2) is 17.4 Å². The van der Waals surface area contributed by atoms with Crippen LogP contribution < -0.4 is 0 Å². The molecule has 15 heteroatoms. The first kappa shape index (κ1) is 68.3. The highest BCUT2D eigenvalue weighted by atomic mass is 32.1. The van der Waals surface area contributed by atoms with Gasteiger partial charge in [-0.15, -0.1) is 21.5 Å². The van der Waals surface area contributed by atoms with Crippen LogP contribution in [-0.4, -0.2) is 59.2 Å². The Labute approximate surface area is 510 Å². The Hall–Kier alpha value is -7.52. The summed E-state index contributed by atoms with van der Waals surface area (Å²) in [6.45, 7) is 62.1. The molecule has 4 aromatic carbocycles. The van der Waals surface area contributed by atoms with Gasteiger partial charge in [-0.2, -0.15) is 0 Å². The molecule has 0 aliphatic carbocycles. The van der Waals surface area contributed by atoms with Gasteiger partial charge in [0, 0.05) is 32.8 Å². The maximum atomic E-state index is 5.60. The van der Waals surface area contributed by atoms with E-state index in [1.54, 1.807) is 11.3 Å². The topological polar surface area (TPSA) is 165 Å². The lowest BCUT2D eigenvalue weighted by Gasteiger charge is -2.13. The van der Waals surface area contributed by atoms with E-state index < -0.39 is 0 Å². The molecule has 11 rings (SSSR count). The number of aryl methyl sites for hydroxylation is 23. The second-order valence-electron chi connectivity index (χ2n) is 23.1. The van der Waals surface area contributed by atoms with Crippen LogP contribution in [-0.2, 0) is 14.1 Å². The number of fused-ring (bicyclic) bond motifs is 4. The van der Waals surface area contributed by atoms with E-state index in [1.165, 1.54) is 110 Å². The zero-order valence-electron chi connectivity index (χ0n) is 57.6. The minimum Gasteiger partial charge on any atom is -0.446 e. The largest absolute Gasteiger partial charge is 0.446 e. The molecule has 7 aromatic heterocycles. The third-order valence-corrected chi connectivity index (χ3v) is 18.8. The molecular weight excluding hydrogens is 1070 g/mol. The van der Waals surface area contributed by atoms with Crippen LogP contribution in [0.15, 0.2) is 8.83 Å². The van der Waals surface area contributed by atoms with Gasteiger partial charge in [-0.05, 0) is 283 Å². The number of hydrogen-bond acceptors (Lipinski definition) is 13. The molecule has 7 heterocycles. The number of oxazole rings is 2. The summed E-state index contributed by atoms with van der Waals surface area (Å²) in [5.41, 5.74) is 35.8. The molecule has 0 radical (unpaired) electrons. The van der Waals surface area contributed by atoms with E-state index >= 15 is 0 Å². The number of imidazole rings is 1. The van der Waals surface area contributed by atoms with E-state index in [9.17, 15) is 0 Å². The maximum Gasteiger partial charge on any atom is 0.192 e. The summed E-state index contributed by atoms with van der Waals surface area (Å²) in [7, 11) is 4.04. The first-order valence-electron chi connectivity index (χ1n) is 29.2. The molecule has 0 aliphatic rings. The van der Waals surface area contributed by atoms with Crippen molar-refractivity contribution in [2.45, 2.75) is 208 Å². The highest BCUT2D eigenvalue weighted by molar-refractivity contribution is 7.11. The Bertz CT molecular complexity index is 3910.